The van der Waals surface area contributed by atoms with Crippen LogP contribution >= 0.6 is 11.3 Å². The van der Waals surface area contributed by atoms with Crippen LogP contribution in [0.1, 0.15) is 36.3 Å². The third kappa shape index (κ3) is 3.26. The monoisotopic (exact) mass is 253 g/mol. The molecule has 1 N–H and O–H groups in total. The zero-order chi connectivity index (χ0) is 12.3. The Balaban J connectivity index is 1.92. The van der Waals surface area contributed by atoms with Crippen LogP contribution in [-0.4, -0.2) is 16.9 Å². The average molecular weight is 253 g/mol. The third-order valence-corrected chi connectivity index (χ3v) is 3.72. The number of aliphatic carboxylic acids is 1. The lowest BCUT2D eigenvalue weighted by Crippen LogP contribution is -2.24. The van der Waals surface area contributed by atoms with Crippen LogP contribution in [0.5, 0.6) is 0 Å². The van der Waals surface area contributed by atoms with E-state index in [0.717, 1.165) is 25.0 Å². The molecule has 0 spiro atoms. The van der Waals surface area contributed by atoms with E-state index in [1.165, 1.54) is 22.6 Å². The Kier molecular flexibility index (Phi) is 3.73. The molecule has 0 saturated carbocycles. The molecule has 2 rings (SSSR count). The molecule has 0 atom stereocenters. The van der Waals surface area contributed by atoms with Crippen LogP contribution in [0.25, 0.3) is 0 Å². The van der Waals surface area contributed by atoms with E-state index in [9.17, 15) is 14.7 Å². The Morgan fingerprint density at radius 1 is 1.29 bits per heavy atom. The number of rotatable bonds is 4. The minimum Gasteiger partial charge on any atom is -0.550 e. The van der Waals surface area contributed by atoms with Gasteiger partial charge < -0.3 is 15.2 Å². The molecule has 6 heteroatoms. The van der Waals surface area contributed by atoms with Gasteiger partial charge in [0.15, 0.2) is 5.13 Å². The van der Waals surface area contributed by atoms with Crippen molar-refractivity contribution in [3.8, 4) is 0 Å². The number of amides is 1. The van der Waals surface area contributed by atoms with Crippen molar-refractivity contribution in [1.82, 2.24) is 4.98 Å². The van der Waals surface area contributed by atoms with E-state index >= 15 is 0 Å². The summed E-state index contributed by atoms with van der Waals surface area (Å²) in [6.07, 6.45) is 4.01. The van der Waals surface area contributed by atoms with Gasteiger partial charge in [0, 0.05) is 17.3 Å². The van der Waals surface area contributed by atoms with Gasteiger partial charge in [0.2, 0.25) is 5.91 Å². The zero-order valence-corrected chi connectivity index (χ0v) is 10.1. The van der Waals surface area contributed by atoms with Crippen LogP contribution in [0, 0.1) is 0 Å². The summed E-state index contributed by atoms with van der Waals surface area (Å²) in [6, 6.07) is 0. The van der Waals surface area contributed by atoms with Crippen LogP contribution in [0.4, 0.5) is 5.13 Å². The maximum atomic E-state index is 11.4. The maximum Gasteiger partial charge on any atom is 0.226 e. The van der Waals surface area contributed by atoms with Crippen molar-refractivity contribution in [2.45, 2.75) is 38.5 Å². The second-order valence-electron chi connectivity index (χ2n) is 4.02. The Bertz CT molecular complexity index is 418. The summed E-state index contributed by atoms with van der Waals surface area (Å²) in [6.45, 7) is 0. The van der Waals surface area contributed by atoms with E-state index in [4.69, 9.17) is 0 Å². The first-order valence-electron chi connectivity index (χ1n) is 5.63. The summed E-state index contributed by atoms with van der Waals surface area (Å²) in [4.78, 5) is 27.2. The van der Waals surface area contributed by atoms with Gasteiger partial charge in [-0.1, -0.05) is 0 Å². The van der Waals surface area contributed by atoms with E-state index in [1.54, 1.807) is 0 Å². The highest BCUT2D eigenvalue weighted by Gasteiger charge is 2.16. The fraction of sp³-hybridized carbons (Fsp3) is 0.545. The molecule has 1 aliphatic rings. The van der Waals surface area contributed by atoms with E-state index < -0.39 is 5.97 Å². The molecule has 0 unspecified atom stereocenters. The van der Waals surface area contributed by atoms with E-state index in [1.807, 2.05) is 0 Å². The van der Waals surface area contributed by atoms with Crippen LogP contribution in [0.2, 0.25) is 0 Å². The van der Waals surface area contributed by atoms with Gasteiger partial charge in [-0.05, 0) is 32.1 Å². The van der Waals surface area contributed by atoms with Gasteiger partial charge in [-0.3, -0.25) is 4.79 Å². The first-order chi connectivity index (χ1) is 8.15. The van der Waals surface area contributed by atoms with Gasteiger partial charge in [0.05, 0.1) is 5.69 Å². The summed E-state index contributed by atoms with van der Waals surface area (Å²) in [5.41, 5.74) is 1.08. The van der Waals surface area contributed by atoms with E-state index in [0.29, 0.717) is 5.13 Å². The Hall–Kier alpha value is -1.43. The quantitative estimate of drug-likeness (QED) is 0.846. The number of fused-ring (bicyclic) bond motifs is 1. The number of carboxylic acids is 1. The topological polar surface area (TPSA) is 82.1 Å². The molecule has 17 heavy (non-hydrogen) atoms. The molecule has 1 amide bonds. The summed E-state index contributed by atoms with van der Waals surface area (Å²) in [5, 5.41) is 13.4. The molecular weight excluding hydrogens is 240 g/mol. The molecule has 1 heterocycles. The van der Waals surface area contributed by atoms with Crippen LogP contribution in [0.15, 0.2) is 0 Å². The maximum absolute atomic E-state index is 11.4. The van der Waals surface area contributed by atoms with Gasteiger partial charge in [0.1, 0.15) is 0 Å². The SMILES string of the molecule is O=C([O-])CCC(=O)Nc1nc2c(s1)CCCC2. The van der Waals surface area contributed by atoms with Crippen molar-refractivity contribution in [3.63, 3.8) is 0 Å². The molecule has 1 aliphatic carbocycles. The summed E-state index contributed by atoms with van der Waals surface area (Å²) in [5.74, 6) is -1.53. The molecule has 0 bridgehead atoms. The number of nitrogens with zero attached hydrogens (tertiary/aromatic N) is 1. The number of anilines is 1. The van der Waals surface area contributed by atoms with Gasteiger partial charge in [-0.2, -0.15) is 0 Å². The van der Waals surface area contributed by atoms with Crippen LogP contribution < -0.4 is 10.4 Å². The number of carbonyl (C=O) groups excluding carboxylic acids is 2. The van der Waals surface area contributed by atoms with Crippen LogP contribution in [-0.2, 0) is 22.4 Å². The molecule has 0 aromatic carbocycles. The standard InChI is InChI=1S/C11H14N2O3S/c14-9(5-6-10(15)16)13-11-12-7-3-1-2-4-8(7)17-11/h1-6H2,(H,15,16)(H,12,13,14)/p-1. The zero-order valence-electron chi connectivity index (χ0n) is 9.32. The number of hydrogen-bond donors (Lipinski definition) is 1. The lowest BCUT2D eigenvalue weighted by atomic mass is 10.0. The van der Waals surface area contributed by atoms with Crippen molar-refractivity contribution in [1.29, 1.82) is 0 Å². The van der Waals surface area contributed by atoms with E-state index in [2.05, 4.69) is 10.3 Å². The van der Waals surface area contributed by atoms with Crippen molar-refractivity contribution in [3.05, 3.63) is 10.6 Å². The fourth-order valence-corrected chi connectivity index (χ4v) is 2.87. The predicted octanol–water partition coefficient (Wildman–Crippen LogP) is 0.490. The largest absolute Gasteiger partial charge is 0.550 e. The second kappa shape index (κ2) is 5.27. The van der Waals surface area contributed by atoms with E-state index in [-0.39, 0.29) is 18.7 Å². The highest BCUT2D eigenvalue weighted by atomic mass is 32.1. The molecular formula is C11H13N2O3S-. The number of carboxylic acid groups (broad SMARTS) is 1. The number of hydrogen-bond acceptors (Lipinski definition) is 5. The minimum absolute atomic E-state index is 0.0629. The fourth-order valence-electron chi connectivity index (χ4n) is 1.80. The number of nitrogens with one attached hydrogen (secondary N) is 1. The molecule has 0 fully saturated rings. The Morgan fingerprint density at radius 2 is 2.06 bits per heavy atom. The first kappa shape index (κ1) is 12.0. The number of aryl methyl sites for hydroxylation is 2. The third-order valence-electron chi connectivity index (χ3n) is 2.65. The molecule has 0 aliphatic heterocycles. The van der Waals surface area contributed by atoms with Crippen molar-refractivity contribution in [2.75, 3.05) is 5.32 Å². The van der Waals surface area contributed by atoms with Crippen molar-refractivity contribution >= 4 is 28.3 Å². The molecule has 1 aromatic heterocycles. The lowest BCUT2D eigenvalue weighted by molar-refractivity contribution is -0.305. The molecule has 1 aromatic rings. The highest BCUT2D eigenvalue weighted by Crippen LogP contribution is 2.29. The number of aromatic nitrogens is 1. The summed E-state index contributed by atoms with van der Waals surface area (Å²) >= 11 is 1.49. The second-order valence-corrected chi connectivity index (χ2v) is 5.10. The Morgan fingerprint density at radius 3 is 2.76 bits per heavy atom. The number of thiazole rings is 1. The van der Waals surface area contributed by atoms with Gasteiger partial charge in [-0.25, -0.2) is 4.98 Å². The van der Waals surface area contributed by atoms with Crippen molar-refractivity contribution < 1.29 is 14.7 Å². The van der Waals surface area contributed by atoms with Crippen LogP contribution in [0.3, 0.4) is 0 Å². The smallest absolute Gasteiger partial charge is 0.226 e. The summed E-state index contributed by atoms with van der Waals surface area (Å²) in [7, 11) is 0. The molecule has 5 nitrogen and oxygen atoms in total. The molecule has 92 valence electrons. The number of carbonyl (C=O) groups is 2. The predicted molar refractivity (Wildman–Crippen MR) is 61.6 cm³/mol. The molecule has 0 radical (unpaired) electrons. The van der Waals surface area contributed by atoms with Gasteiger partial charge in [-0.15, -0.1) is 11.3 Å². The highest BCUT2D eigenvalue weighted by molar-refractivity contribution is 7.15. The lowest BCUT2D eigenvalue weighted by Gasteiger charge is -2.06. The Labute approximate surface area is 103 Å². The van der Waals surface area contributed by atoms with Gasteiger partial charge in [0.25, 0.3) is 0 Å². The minimum atomic E-state index is -1.21. The summed E-state index contributed by atoms with van der Waals surface area (Å²) < 4.78 is 0. The average Bonchev–Trinajstić information content (AvgIpc) is 2.68. The normalized spacial score (nSPS) is 14.1. The van der Waals surface area contributed by atoms with Crippen molar-refractivity contribution in [2.24, 2.45) is 0 Å². The first-order valence-corrected chi connectivity index (χ1v) is 6.45. The van der Waals surface area contributed by atoms with Gasteiger partial charge >= 0.3 is 0 Å². The molecule has 0 saturated heterocycles.